The third-order valence-electron chi connectivity index (χ3n) is 3.51. The molecule has 0 bridgehead atoms. The second kappa shape index (κ2) is 7.64. The number of aliphatic hydroxyl groups excluding tert-OH is 1. The Morgan fingerprint density at radius 3 is 2.78 bits per heavy atom. The summed E-state index contributed by atoms with van der Waals surface area (Å²) in [6, 6.07) is 7.71. The molecule has 0 spiro atoms. The van der Waals surface area contributed by atoms with Gasteiger partial charge in [-0.1, -0.05) is 6.07 Å². The molecule has 0 saturated carbocycles. The van der Waals surface area contributed by atoms with E-state index in [1.54, 1.807) is 10.9 Å². The second-order valence-electron chi connectivity index (χ2n) is 5.55. The molecule has 1 heterocycles. The largest absolute Gasteiger partial charge is 0.394 e. The molecule has 7 heteroatoms. The van der Waals surface area contributed by atoms with E-state index < -0.39 is 0 Å². The quantitative estimate of drug-likeness (QED) is 0.764. The maximum atomic E-state index is 12.0. The van der Waals surface area contributed by atoms with Crippen molar-refractivity contribution in [3.05, 3.63) is 36.7 Å². The van der Waals surface area contributed by atoms with Gasteiger partial charge < -0.3 is 20.6 Å². The number of benzene rings is 1. The van der Waals surface area contributed by atoms with Crippen LogP contribution in [0.4, 0.5) is 21.9 Å². The van der Waals surface area contributed by atoms with Crippen LogP contribution in [0.25, 0.3) is 0 Å². The molecule has 124 valence electrons. The molecule has 2 amide bonds. The van der Waals surface area contributed by atoms with Crippen LogP contribution in [0.1, 0.15) is 13.8 Å². The van der Waals surface area contributed by atoms with Crippen LogP contribution in [0.2, 0.25) is 0 Å². The average molecular weight is 317 g/mol. The highest BCUT2D eigenvalue weighted by molar-refractivity contribution is 5.99. The Labute approximate surface area is 135 Å². The van der Waals surface area contributed by atoms with Crippen LogP contribution in [0, 0.1) is 0 Å². The van der Waals surface area contributed by atoms with Crippen LogP contribution < -0.4 is 15.5 Å². The van der Waals surface area contributed by atoms with E-state index in [0.29, 0.717) is 18.3 Å². The topological polar surface area (TPSA) is 82.4 Å². The molecule has 0 saturated heterocycles. The van der Waals surface area contributed by atoms with E-state index in [-0.39, 0.29) is 12.6 Å². The summed E-state index contributed by atoms with van der Waals surface area (Å²) in [6.07, 6.45) is 3.21. The lowest BCUT2D eigenvalue weighted by Crippen LogP contribution is -2.25. The second-order valence-corrected chi connectivity index (χ2v) is 5.55. The van der Waals surface area contributed by atoms with Crippen molar-refractivity contribution in [2.45, 2.75) is 26.4 Å². The third kappa shape index (κ3) is 4.72. The van der Waals surface area contributed by atoms with Crippen molar-refractivity contribution in [3.8, 4) is 0 Å². The minimum Gasteiger partial charge on any atom is -0.394 e. The van der Waals surface area contributed by atoms with E-state index in [0.717, 1.165) is 11.4 Å². The van der Waals surface area contributed by atoms with Gasteiger partial charge in [0.2, 0.25) is 0 Å². The number of amides is 2. The number of urea groups is 1. The lowest BCUT2D eigenvalue weighted by atomic mass is 10.2. The van der Waals surface area contributed by atoms with Crippen molar-refractivity contribution in [3.63, 3.8) is 0 Å². The van der Waals surface area contributed by atoms with Gasteiger partial charge in [0.05, 0.1) is 25.0 Å². The molecule has 2 rings (SSSR count). The zero-order valence-electron chi connectivity index (χ0n) is 13.7. The van der Waals surface area contributed by atoms with Crippen molar-refractivity contribution >= 4 is 23.1 Å². The molecular weight excluding hydrogens is 294 g/mol. The van der Waals surface area contributed by atoms with Gasteiger partial charge in [-0.2, -0.15) is 5.10 Å². The molecule has 7 nitrogen and oxygen atoms in total. The first kappa shape index (κ1) is 16.8. The van der Waals surface area contributed by atoms with Crippen molar-refractivity contribution < 1.29 is 9.90 Å². The van der Waals surface area contributed by atoms with Gasteiger partial charge in [0.1, 0.15) is 0 Å². The molecule has 1 aromatic heterocycles. The molecule has 23 heavy (non-hydrogen) atoms. The summed E-state index contributed by atoms with van der Waals surface area (Å²) in [4.78, 5) is 14.2. The fourth-order valence-electron chi connectivity index (χ4n) is 2.05. The Bertz CT molecular complexity index is 653. The molecule has 0 atom stereocenters. The van der Waals surface area contributed by atoms with Crippen molar-refractivity contribution in [1.29, 1.82) is 0 Å². The fourth-order valence-corrected chi connectivity index (χ4v) is 2.05. The van der Waals surface area contributed by atoms with E-state index >= 15 is 0 Å². The van der Waals surface area contributed by atoms with Crippen molar-refractivity contribution in [2.75, 3.05) is 29.2 Å². The van der Waals surface area contributed by atoms with Crippen LogP contribution in [0.5, 0.6) is 0 Å². The molecule has 2 aromatic rings. The summed E-state index contributed by atoms with van der Waals surface area (Å²) in [5.74, 6) is 0. The standard InChI is InChI=1S/C16H23N5O2/c1-12(2)20(3)15-6-4-5-13(9-15)18-16(23)19-14-10-17-21(11-14)7-8-22/h4-6,9-12,22H,7-8H2,1-3H3,(H2,18,19,23). The minimum atomic E-state index is -0.335. The number of carbonyl (C=O) groups is 1. The summed E-state index contributed by atoms with van der Waals surface area (Å²) in [7, 11) is 2.01. The maximum Gasteiger partial charge on any atom is 0.323 e. The molecule has 0 fully saturated rings. The molecule has 0 aliphatic carbocycles. The zero-order valence-corrected chi connectivity index (χ0v) is 13.7. The molecule has 3 N–H and O–H groups in total. The lowest BCUT2D eigenvalue weighted by Gasteiger charge is -2.24. The number of rotatable bonds is 6. The lowest BCUT2D eigenvalue weighted by molar-refractivity contribution is 0.262. The van der Waals surface area contributed by atoms with Crippen LogP contribution >= 0.6 is 0 Å². The van der Waals surface area contributed by atoms with E-state index in [1.807, 2.05) is 31.3 Å². The zero-order chi connectivity index (χ0) is 16.8. The summed E-state index contributed by atoms with van der Waals surface area (Å²) in [5, 5.41) is 18.4. The molecule has 1 aromatic carbocycles. The van der Waals surface area contributed by atoms with E-state index in [1.165, 1.54) is 6.20 Å². The van der Waals surface area contributed by atoms with Gasteiger partial charge in [-0.3, -0.25) is 4.68 Å². The van der Waals surface area contributed by atoms with Crippen molar-refractivity contribution in [2.24, 2.45) is 0 Å². The summed E-state index contributed by atoms with van der Waals surface area (Å²) in [5.41, 5.74) is 2.33. The van der Waals surface area contributed by atoms with Gasteiger partial charge >= 0.3 is 6.03 Å². The molecule has 0 radical (unpaired) electrons. The number of nitrogens with one attached hydrogen (secondary N) is 2. The highest BCUT2D eigenvalue weighted by atomic mass is 16.3. The summed E-state index contributed by atoms with van der Waals surface area (Å²) in [6.45, 7) is 4.62. The molecule has 0 aliphatic heterocycles. The van der Waals surface area contributed by atoms with Crippen LogP contribution in [-0.2, 0) is 6.54 Å². The Morgan fingerprint density at radius 1 is 1.35 bits per heavy atom. The van der Waals surface area contributed by atoms with E-state index in [4.69, 9.17) is 5.11 Å². The first-order valence-corrected chi connectivity index (χ1v) is 7.54. The number of hydrogen-bond acceptors (Lipinski definition) is 4. The Hall–Kier alpha value is -2.54. The Kier molecular flexibility index (Phi) is 5.59. The number of nitrogens with zero attached hydrogens (tertiary/aromatic N) is 3. The predicted octanol–water partition coefficient (Wildman–Crippen LogP) is 2.36. The van der Waals surface area contributed by atoms with Gasteiger partial charge in [-0.25, -0.2) is 4.79 Å². The monoisotopic (exact) mass is 317 g/mol. The van der Waals surface area contributed by atoms with Gasteiger partial charge in [0, 0.05) is 30.7 Å². The molecule has 0 aliphatic rings. The number of aromatic nitrogens is 2. The predicted molar refractivity (Wildman–Crippen MR) is 91.9 cm³/mol. The van der Waals surface area contributed by atoms with E-state index in [9.17, 15) is 4.79 Å². The third-order valence-corrected chi connectivity index (χ3v) is 3.51. The Balaban J connectivity index is 1.98. The maximum absolute atomic E-state index is 12.0. The molecule has 0 unspecified atom stereocenters. The summed E-state index contributed by atoms with van der Waals surface area (Å²) >= 11 is 0. The number of carbonyl (C=O) groups excluding carboxylic acids is 1. The van der Waals surface area contributed by atoms with Gasteiger partial charge in [0.15, 0.2) is 0 Å². The summed E-state index contributed by atoms with van der Waals surface area (Å²) < 4.78 is 1.56. The first-order chi connectivity index (χ1) is 11.0. The van der Waals surface area contributed by atoms with Gasteiger partial charge in [-0.05, 0) is 32.0 Å². The normalized spacial score (nSPS) is 10.7. The highest BCUT2D eigenvalue weighted by Gasteiger charge is 2.08. The van der Waals surface area contributed by atoms with Gasteiger partial charge in [-0.15, -0.1) is 0 Å². The Morgan fingerprint density at radius 2 is 2.09 bits per heavy atom. The minimum absolute atomic E-state index is 0.00345. The number of hydrogen-bond donors (Lipinski definition) is 3. The number of aliphatic hydroxyl groups is 1. The van der Waals surface area contributed by atoms with Gasteiger partial charge in [0.25, 0.3) is 0 Å². The van der Waals surface area contributed by atoms with E-state index in [2.05, 4.69) is 34.5 Å². The van der Waals surface area contributed by atoms with Crippen LogP contribution in [0.3, 0.4) is 0 Å². The smallest absolute Gasteiger partial charge is 0.323 e. The SMILES string of the molecule is CC(C)N(C)c1cccc(NC(=O)Nc2cnn(CCO)c2)c1. The fraction of sp³-hybridized carbons (Fsp3) is 0.375. The number of anilines is 3. The first-order valence-electron chi connectivity index (χ1n) is 7.54. The highest BCUT2D eigenvalue weighted by Crippen LogP contribution is 2.20. The van der Waals surface area contributed by atoms with Crippen LogP contribution in [-0.4, -0.2) is 40.6 Å². The average Bonchev–Trinajstić information content (AvgIpc) is 2.94. The van der Waals surface area contributed by atoms with Crippen molar-refractivity contribution in [1.82, 2.24) is 9.78 Å². The molecular formula is C16H23N5O2. The van der Waals surface area contributed by atoms with Crippen LogP contribution in [0.15, 0.2) is 36.7 Å².